The van der Waals surface area contributed by atoms with Crippen LogP contribution in [-0.4, -0.2) is 30.5 Å². The van der Waals surface area contributed by atoms with E-state index < -0.39 is 23.9 Å². The zero-order valence-electron chi connectivity index (χ0n) is 15.8. The van der Waals surface area contributed by atoms with Gasteiger partial charge in [-0.3, -0.25) is 15.0 Å². The lowest BCUT2D eigenvalue weighted by Gasteiger charge is -2.14. The van der Waals surface area contributed by atoms with Crippen LogP contribution in [0.15, 0.2) is 54.1 Å². The molecule has 0 unspecified atom stereocenters. The largest absolute Gasteiger partial charge is 0.477 e. The number of esters is 1. The van der Waals surface area contributed by atoms with Gasteiger partial charge in [-0.2, -0.15) is 0 Å². The molecule has 3 rings (SSSR count). The first-order valence-electron chi connectivity index (χ1n) is 8.95. The van der Waals surface area contributed by atoms with E-state index in [1.165, 1.54) is 11.1 Å². The summed E-state index contributed by atoms with van der Waals surface area (Å²) in [5.74, 6) is -1.17. The zero-order chi connectivity index (χ0) is 21.0. The van der Waals surface area contributed by atoms with Crippen LogP contribution in [0, 0.1) is 0 Å². The molecule has 2 aromatic carbocycles. The first-order valence-corrected chi connectivity index (χ1v) is 9.33. The fourth-order valence-electron chi connectivity index (χ4n) is 2.68. The topological polar surface area (TPSA) is 84.9 Å². The first kappa shape index (κ1) is 20.4. The van der Waals surface area contributed by atoms with E-state index in [-0.39, 0.29) is 17.2 Å². The summed E-state index contributed by atoms with van der Waals surface area (Å²) in [6, 6.07) is 13.5. The Bertz CT molecular complexity index is 974. The van der Waals surface area contributed by atoms with Crippen molar-refractivity contribution < 1.29 is 23.9 Å². The number of nitrogens with zero attached hydrogens (tertiary/aromatic N) is 1. The normalized spacial score (nSPS) is 16.0. The number of ether oxygens (including phenoxy) is 2. The predicted molar refractivity (Wildman–Crippen MR) is 108 cm³/mol. The van der Waals surface area contributed by atoms with Gasteiger partial charge in [-0.15, -0.1) is 0 Å². The minimum Gasteiger partial charge on any atom is -0.477 e. The molecular weight excluding hydrogens is 396 g/mol. The van der Waals surface area contributed by atoms with Gasteiger partial charge in [0.1, 0.15) is 11.3 Å². The van der Waals surface area contributed by atoms with Crippen molar-refractivity contribution in [2.24, 2.45) is 0 Å². The Morgan fingerprint density at radius 2 is 1.93 bits per heavy atom. The van der Waals surface area contributed by atoms with Crippen molar-refractivity contribution in [3.05, 3.63) is 64.7 Å². The van der Waals surface area contributed by atoms with Crippen molar-refractivity contribution in [2.75, 3.05) is 11.6 Å². The van der Waals surface area contributed by atoms with Gasteiger partial charge >= 0.3 is 5.97 Å². The van der Waals surface area contributed by atoms with Crippen molar-refractivity contribution in [3.8, 4) is 5.75 Å². The van der Waals surface area contributed by atoms with Gasteiger partial charge in [0.15, 0.2) is 6.10 Å². The molecule has 150 valence electrons. The average molecular weight is 415 g/mol. The van der Waals surface area contributed by atoms with Crippen LogP contribution in [0.4, 0.5) is 5.69 Å². The van der Waals surface area contributed by atoms with E-state index in [2.05, 4.69) is 5.43 Å². The summed E-state index contributed by atoms with van der Waals surface area (Å²) in [6.45, 7) is 3.52. The fraction of sp³-hybridized carbons (Fsp3) is 0.190. The molecule has 0 saturated carbocycles. The van der Waals surface area contributed by atoms with E-state index in [4.69, 9.17) is 21.1 Å². The second-order valence-corrected chi connectivity index (χ2v) is 6.58. The van der Waals surface area contributed by atoms with Crippen LogP contribution in [0.1, 0.15) is 19.4 Å². The summed E-state index contributed by atoms with van der Waals surface area (Å²) in [6.07, 6.45) is 0.628. The second kappa shape index (κ2) is 8.79. The molecule has 1 fully saturated rings. The number of hydrogen-bond donors (Lipinski definition) is 1. The van der Waals surface area contributed by atoms with Crippen LogP contribution in [-0.2, 0) is 19.1 Å². The van der Waals surface area contributed by atoms with Gasteiger partial charge in [-0.05, 0) is 49.8 Å². The van der Waals surface area contributed by atoms with Gasteiger partial charge in [0.2, 0.25) is 0 Å². The van der Waals surface area contributed by atoms with E-state index in [0.717, 1.165) is 0 Å². The number of rotatable bonds is 6. The quantitative estimate of drug-likeness (QED) is 0.446. The molecule has 8 heteroatoms. The summed E-state index contributed by atoms with van der Waals surface area (Å²) in [7, 11) is 0. The number of para-hydroxylation sites is 1. The second-order valence-electron chi connectivity index (χ2n) is 6.18. The van der Waals surface area contributed by atoms with E-state index >= 15 is 0 Å². The maximum absolute atomic E-state index is 12.6. The molecule has 1 heterocycles. The molecule has 1 N–H and O–H groups in total. The minimum atomic E-state index is -0.821. The number of halogens is 1. The van der Waals surface area contributed by atoms with Crippen LogP contribution in [0.2, 0.25) is 5.02 Å². The highest BCUT2D eigenvalue weighted by molar-refractivity contribution is 6.33. The molecule has 1 saturated heterocycles. The van der Waals surface area contributed by atoms with Gasteiger partial charge in [-0.1, -0.05) is 35.9 Å². The lowest BCUT2D eigenvalue weighted by atomic mass is 10.1. The highest BCUT2D eigenvalue weighted by Gasteiger charge is 2.34. The number of nitrogens with one attached hydrogen (secondary N) is 1. The smallest absolute Gasteiger partial charge is 0.347 e. The van der Waals surface area contributed by atoms with Crippen molar-refractivity contribution in [3.63, 3.8) is 0 Å². The molecule has 29 heavy (non-hydrogen) atoms. The average Bonchev–Trinajstić information content (AvgIpc) is 2.99. The van der Waals surface area contributed by atoms with Crippen LogP contribution >= 0.6 is 11.6 Å². The summed E-state index contributed by atoms with van der Waals surface area (Å²) < 4.78 is 10.4. The molecule has 1 aliphatic heterocycles. The Morgan fingerprint density at radius 3 is 2.59 bits per heavy atom. The fourth-order valence-corrected chi connectivity index (χ4v) is 2.92. The van der Waals surface area contributed by atoms with Gasteiger partial charge in [0, 0.05) is 0 Å². The number of benzene rings is 2. The van der Waals surface area contributed by atoms with E-state index in [0.29, 0.717) is 17.0 Å². The monoisotopic (exact) mass is 414 g/mol. The van der Waals surface area contributed by atoms with Crippen molar-refractivity contribution in [2.45, 2.75) is 20.0 Å². The Balaban J connectivity index is 1.78. The molecule has 1 atom stereocenters. The van der Waals surface area contributed by atoms with E-state index in [1.807, 2.05) is 6.07 Å². The Labute approximate surface area is 172 Å². The lowest BCUT2D eigenvalue weighted by molar-refractivity contribution is -0.150. The number of hydrazine groups is 1. The van der Waals surface area contributed by atoms with Crippen LogP contribution in [0.5, 0.6) is 5.75 Å². The molecule has 0 aromatic heterocycles. The summed E-state index contributed by atoms with van der Waals surface area (Å²) in [4.78, 5) is 36.6. The van der Waals surface area contributed by atoms with Gasteiger partial charge in [-0.25, -0.2) is 9.80 Å². The third-order valence-electron chi connectivity index (χ3n) is 4.10. The third-order valence-corrected chi connectivity index (χ3v) is 4.39. The number of carbonyl (C=O) groups excluding carboxylic acids is 3. The van der Waals surface area contributed by atoms with Crippen molar-refractivity contribution in [1.82, 2.24) is 5.43 Å². The van der Waals surface area contributed by atoms with E-state index in [9.17, 15) is 14.4 Å². The molecule has 2 aromatic rings. The number of anilines is 1. The zero-order valence-corrected chi connectivity index (χ0v) is 16.6. The Morgan fingerprint density at radius 1 is 1.21 bits per heavy atom. The molecule has 0 radical (unpaired) electrons. The summed E-state index contributed by atoms with van der Waals surface area (Å²) in [5, 5.41) is 1.43. The van der Waals surface area contributed by atoms with Crippen molar-refractivity contribution >= 4 is 41.1 Å². The first-order chi connectivity index (χ1) is 13.9. The molecule has 0 bridgehead atoms. The molecule has 1 aliphatic rings. The molecule has 0 spiro atoms. The molecule has 0 aliphatic carbocycles. The Hall–Kier alpha value is -3.32. The van der Waals surface area contributed by atoms with Crippen LogP contribution < -0.4 is 15.2 Å². The van der Waals surface area contributed by atoms with Gasteiger partial charge in [0.05, 0.1) is 17.3 Å². The molecule has 2 amide bonds. The lowest BCUT2D eigenvalue weighted by Crippen LogP contribution is -2.35. The highest BCUT2D eigenvalue weighted by atomic mass is 35.5. The summed E-state index contributed by atoms with van der Waals surface area (Å²) >= 11 is 6.24. The minimum absolute atomic E-state index is 0.0153. The maximum atomic E-state index is 12.6. The van der Waals surface area contributed by atoms with Gasteiger partial charge in [0.25, 0.3) is 11.8 Å². The molecule has 7 nitrogen and oxygen atoms in total. The number of carbonyl (C=O) groups is 3. The standard InChI is InChI=1S/C21H19ClN2O5/c1-3-28-21(27)13(2)29-18-10-9-14(12-17(18)22)11-16-19(25)23-24(20(16)26)15-7-5-4-6-8-15/h4-13H,3H2,1-2H3,(H,23,25)/b16-11-/t13-/m1/s1. The molecular formula is C21H19ClN2O5. The van der Waals surface area contributed by atoms with Crippen molar-refractivity contribution in [1.29, 1.82) is 0 Å². The summed E-state index contributed by atoms with van der Waals surface area (Å²) in [5.41, 5.74) is 3.62. The van der Waals surface area contributed by atoms with E-state index in [1.54, 1.807) is 56.3 Å². The highest BCUT2D eigenvalue weighted by Crippen LogP contribution is 2.28. The third kappa shape index (κ3) is 4.57. The van der Waals surface area contributed by atoms with Gasteiger partial charge < -0.3 is 9.47 Å². The number of amides is 2. The Kier molecular flexibility index (Phi) is 6.19. The number of hydrogen-bond acceptors (Lipinski definition) is 5. The van der Waals surface area contributed by atoms with Crippen LogP contribution in [0.3, 0.4) is 0 Å². The van der Waals surface area contributed by atoms with Crippen LogP contribution in [0.25, 0.3) is 6.08 Å². The SMILES string of the molecule is CCOC(=O)[C@@H](C)Oc1ccc(/C=C2/C(=O)NN(c3ccccc3)C2=O)cc1Cl. The predicted octanol–water partition coefficient (Wildman–Crippen LogP) is 3.13. The maximum Gasteiger partial charge on any atom is 0.347 e.